The van der Waals surface area contributed by atoms with Crippen molar-refractivity contribution < 1.29 is 17.9 Å². The van der Waals surface area contributed by atoms with Gasteiger partial charge in [-0.3, -0.25) is 4.72 Å². The summed E-state index contributed by atoms with van der Waals surface area (Å²) in [7, 11) is -3.96. The van der Waals surface area contributed by atoms with E-state index in [1.165, 1.54) is 12.1 Å². The second-order valence-corrected chi connectivity index (χ2v) is 5.79. The van der Waals surface area contributed by atoms with Gasteiger partial charge in [-0.05, 0) is 23.4 Å². The van der Waals surface area contributed by atoms with Crippen LogP contribution in [0, 0.1) is 17.7 Å². The molecule has 0 aliphatic carbocycles. The van der Waals surface area contributed by atoms with Crippen LogP contribution in [0.2, 0.25) is 0 Å². The Morgan fingerprint density at radius 2 is 2.25 bits per heavy atom. The molecule has 2 N–H and O–H groups in total. The average molecular weight is 314 g/mol. The molecule has 0 atom stereocenters. The number of aliphatic hydroxyl groups excluding tert-OH is 1. The normalized spacial score (nSPS) is 10.7. The minimum Gasteiger partial charge on any atom is -0.384 e. The molecule has 0 fully saturated rings. The summed E-state index contributed by atoms with van der Waals surface area (Å²) in [4.78, 5) is -0.278. The molecular weight excluding hydrogens is 307 g/mol. The van der Waals surface area contributed by atoms with Gasteiger partial charge in [-0.15, -0.1) is 0 Å². The molecule has 0 aliphatic heterocycles. The number of anilines is 1. The molecule has 1 aromatic heterocycles. The highest BCUT2D eigenvalue weighted by Gasteiger charge is 2.17. The highest BCUT2D eigenvalue weighted by molar-refractivity contribution is 7.93. The van der Waals surface area contributed by atoms with Crippen LogP contribution in [0.5, 0.6) is 0 Å². The first kappa shape index (κ1) is 14.3. The summed E-state index contributed by atoms with van der Waals surface area (Å²) in [6.45, 7) is -0.412. The van der Waals surface area contributed by atoms with Crippen LogP contribution in [0.25, 0.3) is 0 Å². The lowest BCUT2D eigenvalue weighted by atomic mass is 10.2. The van der Waals surface area contributed by atoms with E-state index in [0.717, 1.165) is 17.6 Å². The molecule has 2 aromatic rings. The van der Waals surface area contributed by atoms with Gasteiger partial charge in [-0.1, -0.05) is 21.4 Å². The van der Waals surface area contributed by atoms with Crippen LogP contribution >= 0.6 is 11.5 Å². The fourth-order valence-electron chi connectivity index (χ4n) is 1.25. The summed E-state index contributed by atoms with van der Waals surface area (Å²) in [6, 6.07) is 3.24. The van der Waals surface area contributed by atoms with Crippen LogP contribution in [0.1, 0.15) is 5.56 Å². The maximum atomic E-state index is 13.7. The number of aliphatic hydroxyl groups is 1. The van der Waals surface area contributed by atoms with E-state index in [1.54, 1.807) is 0 Å². The molecule has 0 saturated heterocycles. The summed E-state index contributed by atoms with van der Waals surface area (Å²) in [6.07, 6.45) is 0. The molecule has 0 spiro atoms. The van der Waals surface area contributed by atoms with E-state index in [1.807, 2.05) is 0 Å². The molecule has 104 valence electrons. The van der Waals surface area contributed by atoms with Crippen molar-refractivity contribution in [2.75, 3.05) is 11.3 Å². The van der Waals surface area contributed by atoms with Crippen molar-refractivity contribution in [2.24, 2.45) is 0 Å². The molecule has 0 aliphatic rings. The molecule has 0 bridgehead atoms. The Morgan fingerprint density at radius 1 is 1.45 bits per heavy atom. The van der Waals surface area contributed by atoms with Crippen molar-refractivity contribution in [2.45, 2.75) is 4.90 Å². The third-order valence-electron chi connectivity index (χ3n) is 2.07. The van der Waals surface area contributed by atoms with E-state index in [4.69, 9.17) is 5.11 Å². The zero-order valence-corrected chi connectivity index (χ0v) is 11.4. The van der Waals surface area contributed by atoms with E-state index in [2.05, 4.69) is 31.4 Å². The number of halogens is 1. The Hall–Kier alpha value is -2.09. The van der Waals surface area contributed by atoms with Crippen molar-refractivity contribution in [1.29, 1.82) is 0 Å². The van der Waals surface area contributed by atoms with E-state index in [9.17, 15) is 12.8 Å². The third-order valence-corrected chi connectivity index (χ3v) is 4.05. The molecule has 10 heteroatoms. The van der Waals surface area contributed by atoms with E-state index < -0.39 is 22.4 Å². The van der Waals surface area contributed by atoms with E-state index >= 15 is 0 Å². The van der Waals surface area contributed by atoms with Crippen molar-refractivity contribution in [3.63, 3.8) is 0 Å². The number of rotatable bonds is 3. The SMILES string of the molecule is O=S(=O)(Nc1nnns1)c1ccc(C#CCO)c(F)c1. The maximum Gasteiger partial charge on any atom is 0.263 e. The predicted molar refractivity (Wildman–Crippen MR) is 68.9 cm³/mol. The summed E-state index contributed by atoms with van der Waals surface area (Å²) >= 11 is 0.757. The molecular formula is C10H7FN4O3S2. The number of hydrogen-bond donors (Lipinski definition) is 2. The van der Waals surface area contributed by atoms with Crippen LogP contribution in [0.4, 0.5) is 9.52 Å². The van der Waals surface area contributed by atoms with Gasteiger partial charge in [0.05, 0.1) is 10.5 Å². The Morgan fingerprint density at radius 3 is 2.85 bits per heavy atom. The first-order valence-electron chi connectivity index (χ1n) is 5.10. The maximum absolute atomic E-state index is 13.7. The predicted octanol–water partition coefficient (Wildman–Crippen LogP) is 0.217. The molecule has 1 heterocycles. The number of aromatic nitrogens is 3. The minimum atomic E-state index is -3.96. The van der Waals surface area contributed by atoms with Gasteiger partial charge in [0.15, 0.2) is 0 Å². The number of benzene rings is 1. The number of nitrogens with zero attached hydrogens (tertiary/aromatic N) is 3. The molecule has 20 heavy (non-hydrogen) atoms. The van der Waals surface area contributed by atoms with Crippen molar-refractivity contribution in [3.8, 4) is 11.8 Å². The zero-order chi connectivity index (χ0) is 14.6. The van der Waals surface area contributed by atoms with Gasteiger partial charge in [0, 0.05) is 11.5 Å². The zero-order valence-electron chi connectivity index (χ0n) is 9.74. The Bertz CT molecular complexity index is 766. The first-order valence-corrected chi connectivity index (χ1v) is 7.36. The van der Waals surface area contributed by atoms with Gasteiger partial charge in [0.25, 0.3) is 10.0 Å². The van der Waals surface area contributed by atoms with Crippen LogP contribution < -0.4 is 4.72 Å². The number of hydrogen-bond acceptors (Lipinski definition) is 7. The molecule has 0 unspecified atom stereocenters. The number of nitrogens with one attached hydrogen (secondary N) is 1. The fourth-order valence-corrected chi connectivity index (χ4v) is 2.84. The smallest absolute Gasteiger partial charge is 0.263 e. The average Bonchev–Trinajstić information content (AvgIpc) is 2.89. The van der Waals surface area contributed by atoms with Gasteiger partial charge in [0.1, 0.15) is 12.4 Å². The molecule has 2 rings (SSSR count). The first-order chi connectivity index (χ1) is 9.53. The van der Waals surface area contributed by atoms with E-state index in [0.29, 0.717) is 0 Å². The lowest BCUT2D eigenvalue weighted by Gasteiger charge is -2.05. The highest BCUT2D eigenvalue weighted by Crippen LogP contribution is 2.18. The largest absolute Gasteiger partial charge is 0.384 e. The van der Waals surface area contributed by atoms with Gasteiger partial charge < -0.3 is 5.11 Å². The van der Waals surface area contributed by atoms with Crippen LogP contribution in [0.3, 0.4) is 0 Å². The topological polar surface area (TPSA) is 105 Å². The van der Waals surface area contributed by atoms with Gasteiger partial charge in [-0.2, -0.15) is 0 Å². The van der Waals surface area contributed by atoms with Crippen LogP contribution in [-0.2, 0) is 10.0 Å². The van der Waals surface area contributed by atoms with Gasteiger partial charge in [-0.25, -0.2) is 12.8 Å². The van der Waals surface area contributed by atoms with Gasteiger partial charge in [0.2, 0.25) is 5.13 Å². The monoisotopic (exact) mass is 314 g/mol. The minimum absolute atomic E-state index is 0.00409. The Labute approximate surface area is 117 Å². The molecule has 1 aromatic carbocycles. The summed E-state index contributed by atoms with van der Waals surface area (Å²) in [5.74, 6) is 3.84. The van der Waals surface area contributed by atoms with Gasteiger partial charge >= 0.3 is 0 Å². The van der Waals surface area contributed by atoms with Crippen molar-refractivity contribution >= 4 is 26.7 Å². The van der Waals surface area contributed by atoms with Crippen molar-refractivity contribution in [3.05, 3.63) is 29.6 Å². The molecule has 7 nitrogen and oxygen atoms in total. The van der Waals surface area contributed by atoms with Crippen LogP contribution in [-0.4, -0.2) is 34.9 Å². The summed E-state index contributed by atoms with van der Waals surface area (Å²) in [5.41, 5.74) is -0.00409. The molecule has 0 amide bonds. The lowest BCUT2D eigenvalue weighted by molar-refractivity contribution is 0.350. The Kier molecular flexibility index (Phi) is 4.23. The second-order valence-electron chi connectivity index (χ2n) is 3.37. The quantitative estimate of drug-likeness (QED) is 0.785. The Balaban J connectivity index is 2.31. The van der Waals surface area contributed by atoms with Crippen LogP contribution in [0.15, 0.2) is 23.1 Å². The molecule has 0 saturated carbocycles. The lowest BCUT2D eigenvalue weighted by Crippen LogP contribution is -2.13. The molecule has 0 radical (unpaired) electrons. The second kappa shape index (κ2) is 5.91. The van der Waals surface area contributed by atoms with E-state index in [-0.39, 0.29) is 15.6 Å². The summed E-state index contributed by atoms with van der Waals surface area (Å²) in [5, 5.41) is 15.2. The third kappa shape index (κ3) is 3.27. The highest BCUT2D eigenvalue weighted by atomic mass is 32.2. The number of sulfonamides is 1. The summed E-state index contributed by atoms with van der Waals surface area (Å²) < 4.78 is 43.1. The fraction of sp³-hybridized carbons (Fsp3) is 0.100. The van der Waals surface area contributed by atoms with Crippen molar-refractivity contribution in [1.82, 2.24) is 14.8 Å². The standard InChI is InChI=1S/C10H7FN4O3S2/c11-9-6-8(4-3-7(9)2-1-5-16)20(17,18)13-10-12-14-15-19-10/h3-4,6,16H,5H2,(H,12,13,15).